The van der Waals surface area contributed by atoms with E-state index >= 15 is 0 Å². The quantitative estimate of drug-likeness (QED) is 0.292. The molecule has 0 aliphatic carbocycles. The van der Waals surface area contributed by atoms with Gasteiger partial charge in [0.05, 0.1) is 6.61 Å². The van der Waals surface area contributed by atoms with Gasteiger partial charge in [-0.05, 0) is 42.3 Å². The molecule has 8 nitrogen and oxygen atoms in total. The number of carbonyl (C=O) groups excluding carboxylic acids is 2. The van der Waals surface area contributed by atoms with Crippen molar-refractivity contribution in [2.24, 2.45) is 0 Å². The average molecular weight is 515 g/mol. The van der Waals surface area contributed by atoms with E-state index in [1.807, 2.05) is 60.7 Å². The zero-order valence-electron chi connectivity index (χ0n) is 21.6. The zero-order chi connectivity index (χ0) is 27.1. The number of aromatic hydroxyl groups is 1. The summed E-state index contributed by atoms with van der Waals surface area (Å²) in [6.07, 6.45) is 0. The molecule has 1 heterocycles. The van der Waals surface area contributed by atoms with Gasteiger partial charge in [-0.15, -0.1) is 0 Å². The van der Waals surface area contributed by atoms with Gasteiger partial charge < -0.3 is 24.2 Å². The number of ether oxygens (including phenoxy) is 3. The minimum absolute atomic E-state index is 0.0155. The smallest absolute Gasteiger partial charge is 0.359 e. The molecule has 1 amide bonds. The number of hydrogen-bond acceptors (Lipinski definition) is 6. The monoisotopic (exact) mass is 514 g/mol. The van der Waals surface area contributed by atoms with Gasteiger partial charge in [0.25, 0.3) is 5.91 Å². The molecule has 0 atom stereocenters. The van der Waals surface area contributed by atoms with Crippen LogP contribution in [0.3, 0.4) is 0 Å². The van der Waals surface area contributed by atoms with Crippen LogP contribution in [0.25, 0.3) is 5.69 Å². The predicted molar refractivity (Wildman–Crippen MR) is 143 cm³/mol. The van der Waals surface area contributed by atoms with Crippen LogP contribution in [0.1, 0.15) is 39.0 Å². The molecule has 0 fully saturated rings. The van der Waals surface area contributed by atoms with Crippen LogP contribution in [0, 0.1) is 0 Å². The summed E-state index contributed by atoms with van der Waals surface area (Å²) >= 11 is 0. The third-order valence-corrected chi connectivity index (χ3v) is 5.72. The Morgan fingerprint density at radius 1 is 0.763 bits per heavy atom. The molecule has 4 rings (SSSR count). The number of aromatic nitrogens is 1. The first-order valence-electron chi connectivity index (χ1n) is 12.2. The number of rotatable bonds is 10. The van der Waals surface area contributed by atoms with E-state index in [0.717, 1.165) is 11.1 Å². The molecule has 4 aromatic rings. The summed E-state index contributed by atoms with van der Waals surface area (Å²) in [6.45, 7) is 2.09. The molecule has 0 saturated heterocycles. The lowest BCUT2D eigenvalue weighted by Crippen LogP contribution is -2.26. The topological polar surface area (TPSA) is 90.2 Å². The van der Waals surface area contributed by atoms with Crippen molar-refractivity contribution in [1.29, 1.82) is 0 Å². The molecule has 0 aliphatic rings. The molecular formula is C30H30N2O6. The van der Waals surface area contributed by atoms with Crippen molar-refractivity contribution in [3.63, 3.8) is 0 Å². The summed E-state index contributed by atoms with van der Waals surface area (Å²) in [6, 6.07) is 25.1. The van der Waals surface area contributed by atoms with Crippen molar-refractivity contribution in [1.82, 2.24) is 9.47 Å². The normalized spacial score (nSPS) is 10.6. The van der Waals surface area contributed by atoms with E-state index in [0.29, 0.717) is 5.69 Å². The van der Waals surface area contributed by atoms with Gasteiger partial charge in [0, 0.05) is 19.8 Å². The number of phenols is 1. The van der Waals surface area contributed by atoms with E-state index in [1.54, 1.807) is 33.2 Å². The van der Waals surface area contributed by atoms with Crippen LogP contribution >= 0.6 is 0 Å². The fourth-order valence-corrected chi connectivity index (χ4v) is 3.91. The number of nitrogens with zero attached hydrogens (tertiary/aromatic N) is 2. The van der Waals surface area contributed by atoms with Crippen molar-refractivity contribution in [3.05, 3.63) is 107 Å². The second kappa shape index (κ2) is 12.0. The molecule has 38 heavy (non-hydrogen) atoms. The Hall–Kier alpha value is -4.72. The van der Waals surface area contributed by atoms with Crippen LogP contribution in [0.5, 0.6) is 17.2 Å². The Morgan fingerprint density at radius 3 is 1.74 bits per heavy atom. The van der Waals surface area contributed by atoms with Crippen molar-refractivity contribution in [3.8, 4) is 22.9 Å². The van der Waals surface area contributed by atoms with Gasteiger partial charge in [-0.1, -0.05) is 60.7 Å². The fraction of sp³-hybridized carbons (Fsp3) is 0.200. The Morgan fingerprint density at radius 2 is 1.26 bits per heavy atom. The lowest BCUT2D eigenvalue weighted by atomic mass is 10.2. The highest BCUT2D eigenvalue weighted by Gasteiger charge is 2.36. The third-order valence-electron chi connectivity index (χ3n) is 5.72. The molecule has 0 aliphatic heterocycles. The Balaban J connectivity index is 1.95. The fourth-order valence-electron chi connectivity index (χ4n) is 3.91. The van der Waals surface area contributed by atoms with Gasteiger partial charge in [-0.2, -0.15) is 0 Å². The maximum absolute atomic E-state index is 13.6. The molecule has 8 heteroatoms. The highest BCUT2D eigenvalue weighted by Crippen LogP contribution is 2.42. The first kappa shape index (κ1) is 26.3. The first-order chi connectivity index (χ1) is 18.4. The molecule has 0 saturated carbocycles. The van der Waals surface area contributed by atoms with E-state index in [-0.39, 0.29) is 48.5 Å². The molecule has 0 spiro atoms. The van der Waals surface area contributed by atoms with Gasteiger partial charge in [-0.3, -0.25) is 9.36 Å². The van der Waals surface area contributed by atoms with Crippen LogP contribution in [0.2, 0.25) is 0 Å². The van der Waals surface area contributed by atoms with Gasteiger partial charge in [-0.25, -0.2) is 4.79 Å². The minimum atomic E-state index is -0.675. The summed E-state index contributed by atoms with van der Waals surface area (Å²) in [4.78, 5) is 28.4. The lowest BCUT2D eigenvalue weighted by Gasteiger charge is -2.16. The van der Waals surface area contributed by atoms with Crippen molar-refractivity contribution in [2.45, 2.75) is 20.1 Å². The zero-order valence-corrected chi connectivity index (χ0v) is 21.6. The van der Waals surface area contributed by atoms with E-state index in [4.69, 9.17) is 14.2 Å². The molecule has 0 unspecified atom stereocenters. The molecule has 1 N–H and O–H groups in total. The van der Waals surface area contributed by atoms with Crippen molar-refractivity contribution >= 4 is 11.9 Å². The summed E-state index contributed by atoms with van der Waals surface area (Å²) in [5.74, 6) is -0.812. The van der Waals surface area contributed by atoms with Crippen LogP contribution in [0.4, 0.5) is 0 Å². The van der Waals surface area contributed by atoms with Gasteiger partial charge in [0.15, 0.2) is 22.9 Å². The first-order valence-corrected chi connectivity index (χ1v) is 12.2. The maximum Gasteiger partial charge on any atom is 0.359 e. The number of benzene rings is 3. The number of amides is 1. The molecule has 0 radical (unpaired) electrons. The molecular weight excluding hydrogens is 484 g/mol. The minimum Gasteiger partial charge on any atom is -0.508 e. The second-order valence-corrected chi connectivity index (χ2v) is 8.68. The molecule has 0 bridgehead atoms. The summed E-state index contributed by atoms with van der Waals surface area (Å²) < 4.78 is 19.4. The molecule has 3 aromatic carbocycles. The van der Waals surface area contributed by atoms with E-state index in [2.05, 4.69) is 0 Å². The van der Waals surface area contributed by atoms with Gasteiger partial charge in [0.2, 0.25) is 0 Å². The SMILES string of the molecule is CCOC(=O)c1c(OCc2ccccc2)c(OCc2ccccc2)c(C(=O)N(C)C)n1-c1ccc(O)cc1. The van der Waals surface area contributed by atoms with Crippen LogP contribution in [0.15, 0.2) is 84.9 Å². The Labute approximate surface area is 221 Å². The average Bonchev–Trinajstić information content (AvgIpc) is 3.25. The predicted octanol–water partition coefficient (Wildman–Crippen LogP) is 5.22. The Kier molecular flexibility index (Phi) is 8.33. The summed E-state index contributed by atoms with van der Waals surface area (Å²) in [5.41, 5.74) is 2.31. The van der Waals surface area contributed by atoms with Crippen molar-refractivity contribution < 1.29 is 28.9 Å². The van der Waals surface area contributed by atoms with Crippen molar-refractivity contribution in [2.75, 3.05) is 20.7 Å². The highest BCUT2D eigenvalue weighted by atomic mass is 16.5. The molecule has 196 valence electrons. The number of esters is 1. The van der Waals surface area contributed by atoms with Crippen LogP contribution in [-0.2, 0) is 18.0 Å². The Bertz CT molecular complexity index is 1380. The maximum atomic E-state index is 13.6. The van der Waals surface area contributed by atoms with Gasteiger partial charge in [0.1, 0.15) is 19.0 Å². The van der Waals surface area contributed by atoms with E-state index < -0.39 is 11.9 Å². The summed E-state index contributed by atoms with van der Waals surface area (Å²) in [5, 5.41) is 9.89. The van der Waals surface area contributed by atoms with E-state index in [9.17, 15) is 14.7 Å². The van der Waals surface area contributed by atoms with Gasteiger partial charge >= 0.3 is 5.97 Å². The van der Waals surface area contributed by atoms with E-state index in [1.165, 1.54) is 21.6 Å². The molecule has 1 aromatic heterocycles. The largest absolute Gasteiger partial charge is 0.508 e. The lowest BCUT2D eigenvalue weighted by molar-refractivity contribution is 0.0511. The third kappa shape index (κ3) is 5.81. The number of carbonyl (C=O) groups is 2. The standard InChI is InChI=1S/C30H30N2O6/c1-4-36-30(35)26-28(38-20-22-13-9-6-10-14-22)27(37-19-21-11-7-5-8-12-21)25(29(34)31(2)3)32(26)23-15-17-24(33)18-16-23/h5-18,33H,4,19-20H2,1-3H3. The summed E-state index contributed by atoms with van der Waals surface area (Å²) in [7, 11) is 3.23. The highest BCUT2D eigenvalue weighted by molar-refractivity contribution is 6.02. The number of hydrogen-bond donors (Lipinski definition) is 1. The van der Waals surface area contributed by atoms with Crippen LogP contribution in [-0.4, -0.2) is 47.2 Å². The van der Waals surface area contributed by atoms with Crippen LogP contribution < -0.4 is 9.47 Å². The second-order valence-electron chi connectivity index (χ2n) is 8.68. The number of phenolic OH excluding ortho intramolecular Hbond substituents is 1.